The molecule has 1 aromatic heterocycles. The standard InChI is InChI=1S/C14H25N3OS/c1-3-13-10-17-14(19-13)11(2)16-8-9-18-12-4-6-15-7-5-12/h10-12,15-16H,3-9H2,1-2H3. The minimum Gasteiger partial charge on any atom is -0.377 e. The van der Waals surface area contributed by atoms with E-state index in [2.05, 4.69) is 29.5 Å². The fourth-order valence-corrected chi connectivity index (χ4v) is 3.12. The predicted octanol–water partition coefficient (Wildman–Crippen LogP) is 2.12. The number of aromatic nitrogens is 1. The average molecular weight is 283 g/mol. The maximum absolute atomic E-state index is 5.88. The molecule has 0 aliphatic carbocycles. The van der Waals surface area contributed by atoms with Gasteiger partial charge in [0.25, 0.3) is 0 Å². The highest BCUT2D eigenvalue weighted by molar-refractivity contribution is 7.11. The summed E-state index contributed by atoms with van der Waals surface area (Å²) in [7, 11) is 0. The summed E-state index contributed by atoms with van der Waals surface area (Å²) in [6.07, 6.45) is 5.79. The zero-order valence-corrected chi connectivity index (χ0v) is 12.8. The lowest BCUT2D eigenvalue weighted by Gasteiger charge is -2.23. The summed E-state index contributed by atoms with van der Waals surface area (Å²) in [5.74, 6) is 0. The zero-order valence-electron chi connectivity index (χ0n) is 11.9. The SMILES string of the molecule is CCc1cnc(C(C)NCCOC2CCNCC2)s1. The maximum atomic E-state index is 5.88. The first-order chi connectivity index (χ1) is 9.29. The Morgan fingerprint density at radius 2 is 2.32 bits per heavy atom. The number of rotatable bonds is 7. The van der Waals surface area contributed by atoms with Crippen LogP contribution in [-0.4, -0.2) is 37.3 Å². The third kappa shape index (κ3) is 4.84. The van der Waals surface area contributed by atoms with Crippen LogP contribution in [0.4, 0.5) is 0 Å². The van der Waals surface area contributed by atoms with Crippen molar-refractivity contribution in [1.82, 2.24) is 15.6 Å². The molecule has 2 heterocycles. The molecule has 4 nitrogen and oxygen atoms in total. The van der Waals surface area contributed by atoms with E-state index in [1.807, 2.05) is 6.20 Å². The van der Waals surface area contributed by atoms with Crippen molar-refractivity contribution < 1.29 is 4.74 Å². The van der Waals surface area contributed by atoms with Crippen LogP contribution in [0.1, 0.15) is 42.6 Å². The maximum Gasteiger partial charge on any atom is 0.109 e. The molecule has 1 aliphatic rings. The van der Waals surface area contributed by atoms with Gasteiger partial charge in [-0.1, -0.05) is 6.92 Å². The van der Waals surface area contributed by atoms with Gasteiger partial charge in [0.15, 0.2) is 0 Å². The Balaban J connectivity index is 1.61. The smallest absolute Gasteiger partial charge is 0.109 e. The Morgan fingerprint density at radius 1 is 1.53 bits per heavy atom. The summed E-state index contributed by atoms with van der Waals surface area (Å²) in [4.78, 5) is 5.82. The lowest BCUT2D eigenvalue weighted by atomic mass is 10.1. The molecule has 5 heteroatoms. The fraction of sp³-hybridized carbons (Fsp3) is 0.786. The first-order valence-electron chi connectivity index (χ1n) is 7.30. The quantitative estimate of drug-likeness (QED) is 0.753. The van der Waals surface area contributed by atoms with Crippen LogP contribution >= 0.6 is 11.3 Å². The van der Waals surface area contributed by atoms with Crippen LogP contribution in [0.15, 0.2) is 6.20 Å². The van der Waals surface area contributed by atoms with E-state index < -0.39 is 0 Å². The van der Waals surface area contributed by atoms with E-state index in [0.29, 0.717) is 12.1 Å². The first kappa shape index (κ1) is 14.9. The molecule has 0 amide bonds. The summed E-state index contributed by atoms with van der Waals surface area (Å²) in [5.41, 5.74) is 0. The van der Waals surface area contributed by atoms with Gasteiger partial charge in [-0.25, -0.2) is 4.98 Å². The Hall–Kier alpha value is -0.490. The van der Waals surface area contributed by atoms with E-state index in [4.69, 9.17) is 4.74 Å². The molecule has 0 saturated carbocycles. The highest BCUT2D eigenvalue weighted by Gasteiger charge is 2.13. The van der Waals surface area contributed by atoms with Crippen LogP contribution in [0.3, 0.4) is 0 Å². The third-order valence-corrected chi connectivity index (χ3v) is 4.81. The second-order valence-electron chi connectivity index (χ2n) is 5.01. The summed E-state index contributed by atoms with van der Waals surface area (Å²) in [5, 5.41) is 8.01. The Kier molecular flexibility index (Phi) is 6.23. The van der Waals surface area contributed by atoms with Crippen molar-refractivity contribution in [1.29, 1.82) is 0 Å². The van der Waals surface area contributed by atoms with Crippen LogP contribution in [0.2, 0.25) is 0 Å². The number of thiazole rings is 1. The summed E-state index contributed by atoms with van der Waals surface area (Å²) in [6, 6.07) is 0.321. The van der Waals surface area contributed by atoms with E-state index in [9.17, 15) is 0 Å². The van der Waals surface area contributed by atoms with Crippen molar-refractivity contribution in [3.63, 3.8) is 0 Å². The Labute approximate surface area is 120 Å². The predicted molar refractivity (Wildman–Crippen MR) is 79.8 cm³/mol. The molecule has 1 saturated heterocycles. The topological polar surface area (TPSA) is 46.2 Å². The zero-order chi connectivity index (χ0) is 13.5. The molecule has 1 atom stereocenters. The van der Waals surface area contributed by atoms with Gasteiger partial charge in [0.05, 0.1) is 18.8 Å². The molecule has 2 N–H and O–H groups in total. The minimum absolute atomic E-state index is 0.321. The number of piperidine rings is 1. The van der Waals surface area contributed by atoms with Gasteiger partial charge in [-0.2, -0.15) is 0 Å². The monoisotopic (exact) mass is 283 g/mol. The van der Waals surface area contributed by atoms with E-state index in [1.165, 1.54) is 9.88 Å². The number of ether oxygens (including phenoxy) is 1. The Bertz CT molecular complexity index is 363. The lowest BCUT2D eigenvalue weighted by Crippen LogP contribution is -2.34. The molecular weight excluding hydrogens is 258 g/mol. The number of nitrogens with zero attached hydrogens (tertiary/aromatic N) is 1. The fourth-order valence-electron chi connectivity index (χ4n) is 2.24. The van der Waals surface area contributed by atoms with Gasteiger partial charge in [0, 0.05) is 17.6 Å². The van der Waals surface area contributed by atoms with Gasteiger partial charge < -0.3 is 15.4 Å². The molecule has 1 fully saturated rings. The molecule has 0 radical (unpaired) electrons. The van der Waals surface area contributed by atoms with Crippen LogP contribution < -0.4 is 10.6 Å². The van der Waals surface area contributed by atoms with E-state index in [-0.39, 0.29) is 0 Å². The number of nitrogens with one attached hydrogen (secondary N) is 2. The molecule has 1 unspecified atom stereocenters. The highest BCUT2D eigenvalue weighted by Crippen LogP contribution is 2.19. The Morgan fingerprint density at radius 3 is 3.00 bits per heavy atom. The van der Waals surface area contributed by atoms with Gasteiger partial charge in [-0.05, 0) is 39.3 Å². The van der Waals surface area contributed by atoms with Crippen LogP contribution in [-0.2, 0) is 11.2 Å². The summed E-state index contributed by atoms with van der Waals surface area (Å²) in [6.45, 7) is 8.21. The van der Waals surface area contributed by atoms with Crippen molar-refractivity contribution in [2.45, 2.75) is 45.3 Å². The van der Waals surface area contributed by atoms with Crippen LogP contribution in [0.25, 0.3) is 0 Å². The van der Waals surface area contributed by atoms with Crippen molar-refractivity contribution in [3.05, 3.63) is 16.1 Å². The van der Waals surface area contributed by atoms with Crippen molar-refractivity contribution in [3.8, 4) is 0 Å². The van der Waals surface area contributed by atoms with Gasteiger partial charge in [-0.15, -0.1) is 11.3 Å². The largest absolute Gasteiger partial charge is 0.377 e. The second-order valence-corrected chi connectivity index (χ2v) is 6.16. The first-order valence-corrected chi connectivity index (χ1v) is 8.11. The lowest BCUT2D eigenvalue weighted by molar-refractivity contribution is 0.0340. The van der Waals surface area contributed by atoms with Crippen molar-refractivity contribution in [2.75, 3.05) is 26.2 Å². The van der Waals surface area contributed by atoms with E-state index in [0.717, 1.165) is 45.5 Å². The molecule has 0 bridgehead atoms. The number of hydrogen-bond donors (Lipinski definition) is 2. The summed E-state index contributed by atoms with van der Waals surface area (Å²) >= 11 is 1.80. The van der Waals surface area contributed by atoms with Gasteiger partial charge >= 0.3 is 0 Å². The van der Waals surface area contributed by atoms with E-state index in [1.54, 1.807) is 11.3 Å². The third-order valence-electron chi connectivity index (χ3n) is 3.48. The minimum atomic E-state index is 0.321. The molecule has 0 aromatic carbocycles. The van der Waals surface area contributed by atoms with Crippen molar-refractivity contribution >= 4 is 11.3 Å². The highest BCUT2D eigenvalue weighted by atomic mass is 32.1. The van der Waals surface area contributed by atoms with Gasteiger partial charge in [0.1, 0.15) is 5.01 Å². The number of hydrogen-bond acceptors (Lipinski definition) is 5. The van der Waals surface area contributed by atoms with Crippen molar-refractivity contribution in [2.24, 2.45) is 0 Å². The second kappa shape index (κ2) is 7.94. The van der Waals surface area contributed by atoms with E-state index >= 15 is 0 Å². The molecule has 1 aliphatic heterocycles. The van der Waals surface area contributed by atoms with Crippen LogP contribution in [0.5, 0.6) is 0 Å². The van der Waals surface area contributed by atoms with Gasteiger partial charge in [0.2, 0.25) is 0 Å². The molecule has 0 spiro atoms. The average Bonchev–Trinajstić information content (AvgIpc) is 2.93. The molecule has 108 valence electrons. The molecular formula is C14H25N3OS. The molecule has 19 heavy (non-hydrogen) atoms. The van der Waals surface area contributed by atoms with Crippen LogP contribution in [0, 0.1) is 0 Å². The molecule has 2 rings (SSSR count). The normalized spacial score (nSPS) is 18.6. The molecule has 1 aromatic rings. The van der Waals surface area contributed by atoms with Gasteiger partial charge in [-0.3, -0.25) is 0 Å². The number of aryl methyl sites for hydroxylation is 1. The summed E-state index contributed by atoms with van der Waals surface area (Å²) < 4.78 is 5.88.